The summed E-state index contributed by atoms with van der Waals surface area (Å²) < 4.78 is 5.15. The third kappa shape index (κ3) is 3.77. The van der Waals surface area contributed by atoms with E-state index in [1.165, 1.54) is 32.2 Å². The zero-order valence-electron chi connectivity index (χ0n) is 13.2. The summed E-state index contributed by atoms with van der Waals surface area (Å²) in [6.07, 6.45) is 0.669. The largest absolute Gasteiger partial charge is 0.496 e. The molecule has 8 nitrogen and oxygen atoms in total. The van der Waals surface area contributed by atoms with Gasteiger partial charge >= 0.3 is 0 Å². The first-order valence-electron chi connectivity index (χ1n) is 7.31. The van der Waals surface area contributed by atoms with Crippen molar-refractivity contribution in [2.75, 3.05) is 33.3 Å². The highest BCUT2D eigenvalue weighted by Gasteiger charge is 2.25. The van der Waals surface area contributed by atoms with Crippen LogP contribution in [0.2, 0.25) is 0 Å². The Bertz CT molecular complexity index is 632. The van der Waals surface area contributed by atoms with Crippen LogP contribution in [-0.2, 0) is 4.79 Å². The summed E-state index contributed by atoms with van der Waals surface area (Å²) in [5, 5.41) is 10.9. The Morgan fingerprint density at radius 3 is 2.43 bits per heavy atom. The van der Waals surface area contributed by atoms with Gasteiger partial charge in [-0.25, -0.2) is 0 Å². The lowest BCUT2D eigenvalue weighted by molar-refractivity contribution is -0.384. The molecular formula is C15H19N3O5. The van der Waals surface area contributed by atoms with Crippen LogP contribution in [0.1, 0.15) is 23.7 Å². The van der Waals surface area contributed by atoms with Crippen molar-refractivity contribution in [3.63, 3.8) is 0 Å². The fourth-order valence-electron chi connectivity index (χ4n) is 2.58. The van der Waals surface area contributed by atoms with Crippen LogP contribution in [0.3, 0.4) is 0 Å². The predicted octanol–water partition coefficient (Wildman–Crippen LogP) is 1.30. The summed E-state index contributed by atoms with van der Waals surface area (Å²) in [6.45, 7) is 3.45. The third-order valence-corrected chi connectivity index (χ3v) is 3.85. The van der Waals surface area contributed by atoms with Crippen LogP contribution in [0.15, 0.2) is 18.2 Å². The number of hydrogen-bond acceptors (Lipinski definition) is 5. The number of benzene rings is 1. The third-order valence-electron chi connectivity index (χ3n) is 3.85. The molecule has 0 unspecified atom stereocenters. The maximum atomic E-state index is 12.7. The lowest BCUT2D eigenvalue weighted by atomic mass is 10.1. The molecule has 23 heavy (non-hydrogen) atoms. The summed E-state index contributed by atoms with van der Waals surface area (Å²) in [5.41, 5.74) is 0.00677. The van der Waals surface area contributed by atoms with Gasteiger partial charge in [0.2, 0.25) is 5.91 Å². The van der Waals surface area contributed by atoms with Gasteiger partial charge in [0.25, 0.3) is 11.6 Å². The van der Waals surface area contributed by atoms with Crippen LogP contribution in [0.5, 0.6) is 5.75 Å². The summed E-state index contributed by atoms with van der Waals surface area (Å²) in [5.74, 6) is -0.0450. The minimum atomic E-state index is -0.546. The van der Waals surface area contributed by atoms with E-state index in [-0.39, 0.29) is 23.1 Å². The molecule has 0 radical (unpaired) electrons. The van der Waals surface area contributed by atoms with Crippen LogP contribution < -0.4 is 4.74 Å². The first-order valence-corrected chi connectivity index (χ1v) is 7.31. The van der Waals surface area contributed by atoms with Gasteiger partial charge in [0.05, 0.1) is 17.6 Å². The van der Waals surface area contributed by atoms with Crippen molar-refractivity contribution < 1.29 is 19.2 Å². The highest BCUT2D eigenvalue weighted by molar-refractivity contribution is 5.97. The Morgan fingerprint density at radius 2 is 1.83 bits per heavy atom. The van der Waals surface area contributed by atoms with Gasteiger partial charge in [-0.1, -0.05) is 0 Å². The number of nitrogens with zero attached hydrogens (tertiary/aromatic N) is 3. The van der Waals surface area contributed by atoms with E-state index in [2.05, 4.69) is 0 Å². The number of ether oxygens (including phenoxy) is 1. The SMILES string of the molecule is COc1ccc([N+](=O)[O-])cc1C(=O)N1CCCN(C(C)=O)CC1. The maximum absolute atomic E-state index is 12.7. The van der Waals surface area contributed by atoms with Crippen molar-refractivity contribution in [2.45, 2.75) is 13.3 Å². The minimum Gasteiger partial charge on any atom is -0.496 e. The number of non-ortho nitro benzene ring substituents is 1. The number of nitro benzene ring substituents is 1. The molecule has 0 N–H and O–H groups in total. The number of amides is 2. The minimum absolute atomic E-state index is 0.0211. The van der Waals surface area contributed by atoms with Crippen molar-refractivity contribution in [2.24, 2.45) is 0 Å². The maximum Gasteiger partial charge on any atom is 0.270 e. The molecule has 0 spiro atoms. The van der Waals surface area contributed by atoms with Gasteiger partial charge in [-0.15, -0.1) is 0 Å². The standard InChI is InChI=1S/C15H19N3O5/c1-11(19)16-6-3-7-17(9-8-16)15(20)13-10-12(18(21)22)4-5-14(13)23-2/h4-5,10H,3,6-9H2,1-2H3. The van der Waals surface area contributed by atoms with Gasteiger partial charge < -0.3 is 14.5 Å². The Hall–Kier alpha value is -2.64. The van der Waals surface area contributed by atoms with Crippen molar-refractivity contribution in [1.82, 2.24) is 9.80 Å². The fraction of sp³-hybridized carbons (Fsp3) is 0.467. The van der Waals surface area contributed by atoms with Crippen molar-refractivity contribution >= 4 is 17.5 Å². The van der Waals surface area contributed by atoms with Crippen LogP contribution in [-0.4, -0.2) is 59.8 Å². The van der Waals surface area contributed by atoms with Crippen LogP contribution in [0, 0.1) is 10.1 Å². The van der Waals surface area contributed by atoms with Crippen LogP contribution >= 0.6 is 0 Å². The number of hydrogen-bond donors (Lipinski definition) is 0. The van der Waals surface area contributed by atoms with Crippen LogP contribution in [0.25, 0.3) is 0 Å². The quantitative estimate of drug-likeness (QED) is 0.618. The van der Waals surface area contributed by atoms with E-state index in [1.54, 1.807) is 9.80 Å². The van der Waals surface area contributed by atoms with Gasteiger partial charge in [-0.3, -0.25) is 19.7 Å². The van der Waals surface area contributed by atoms with Crippen molar-refractivity contribution in [3.05, 3.63) is 33.9 Å². The number of nitro groups is 1. The molecule has 0 atom stereocenters. The highest BCUT2D eigenvalue weighted by atomic mass is 16.6. The Balaban J connectivity index is 2.24. The fourth-order valence-corrected chi connectivity index (χ4v) is 2.58. The molecule has 1 heterocycles. The Morgan fingerprint density at radius 1 is 1.17 bits per heavy atom. The average molecular weight is 321 g/mol. The molecule has 1 aromatic rings. The molecule has 0 bridgehead atoms. The van der Waals surface area contributed by atoms with E-state index in [4.69, 9.17) is 4.74 Å². The molecule has 1 fully saturated rings. The first-order chi connectivity index (χ1) is 10.9. The first kappa shape index (κ1) is 16.7. The number of carbonyl (C=O) groups excluding carboxylic acids is 2. The van der Waals surface area contributed by atoms with E-state index >= 15 is 0 Å². The molecular weight excluding hydrogens is 302 g/mol. The van der Waals surface area contributed by atoms with Crippen LogP contribution in [0.4, 0.5) is 5.69 Å². The zero-order chi connectivity index (χ0) is 17.0. The van der Waals surface area contributed by atoms with E-state index in [0.29, 0.717) is 38.3 Å². The van der Waals surface area contributed by atoms with Crippen molar-refractivity contribution in [1.29, 1.82) is 0 Å². The molecule has 1 aromatic carbocycles. The summed E-state index contributed by atoms with van der Waals surface area (Å²) in [7, 11) is 1.41. The summed E-state index contributed by atoms with van der Waals surface area (Å²) >= 11 is 0. The second-order valence-electron chi connectivity index (χ2n) is 5.29. The molecule has 1 aliphatic rings. The molecule has 124 valence electrons. The summed E-state index contributed by atoms with van der Waals surface area (Å²) in [4.78, 5) is 37.8. The van der Waals surface area contributed by atoms with E-state index in [9.17, 15) is 19.7 Å². The molecule has 8 heteroatoms. The molecule has 0 aliphatic carbocycles. The number of carbonyl (C=O) groups is 2. The number of rotatable bonds is 3. The molecule has 2 rings (SSSR count). The second kappa shape index (κ2) is 7.08. The molecule has 1 saturated heterocycles. The molecule has 0 saturated carbocycles. The normalized spacial score (nSPS) is 15.0. The predicted molar refractivity (Wildman–Crippen MR) is 82.4 cm³/mol. The molecule has 2 amide bonds. The van der Waals surface area contributed by atoms with Gasteiger partial charge in [0, 0.05) is 45.2 Å². The topological polar surface area (TPSA) is 93.0 Å². The lowest BCUT2D eigenvalue weighted by Crippen LogP contribution is -2.36. The molecule has 0 aromatic heterocycles. The van der Waals surface area contributed by atoms with Gasteiger partial charge in [-0.05, 0) is 12.5 Å². The molecule has 1 aliphatic heterocycles. The van der Waals surface area contributed by atoms with Gasteiger partial charge in [-0.2, -0.15) is 0 Å². The Labute approximate surface area is 133 Å². The van der Waals surface area contributed by atoms with Crippen molar-refractivity contribution in [3.8, 4) is 5.75 Å². The Kier molecular flexibility index (Phi) is 5.15. The smallest absolute Gasteiger partial charge is 0.270 e. The zero-order valence-corrected chi connectivity index (χ0v) is 13.2. The van der Waals surface area contributed by atoms with E-state index in [0.717, 1.165) is 0 Å². The van der Waals surface area contributed by atoms with Gasteiger partial charge in [0.1, 0.15) is 5.75 Å². The number of methoxy groups -OCH3 is 1. The monoisotopic (exact) mass is 321 g/mol. The lowest BCUT2D eigenvalue weighted by Gasteiger charge is -2.22. The average Bonchev–Trinajstić information content (AvgIpc) is 2.79. The second-order valence-corrected chi connectivity index (χ2v) is 5.29. The summed E-state index contributed by atoms with van der Waals surface area (Å²) in [6, 6.07) is 3.95. The van der Waals surface area contributed by atoms with E-state index in [1.807, 2.05) is 0 Å². The van der Waals surface area contributed by atoms with E-state index < -0.39 is 4.92 Å². The highest BCUT2D eigenvalue weighted by Crippen LogP contribution is 2.25. The van der Waals surface area contributed by atoms with Gasteiger partial charge in [0.15, 0.2) is 0 Å².